The fraction of sp³-hybridized carbons (Fsp3) is 0.692. The first-order valence-corrected chi connectivity index (χ1v) is 6.85. The van der Waals surface area contributed by atoms with Crippen molar-refractivity contribution in [3.8, 4) is 0 Å². The molecule has 0 atom stereocenters. The second-order valence-electron chi connectivity index (χ2n) is 5.38. The van der Waals surface area contributed by atoms with E-state index in [-0.39, 0.29) is 17.0 Å². The van der Waals surface area contributed by atoms with Crippen LogP contribution in [0.1, 0.15) is 46.2 Å². The van der Waals surface area contributed by atoms with Gasteiger partial charge in [-0.05, 0) is 34.1 Å². The maximum Gasteiger partial charge on any atom is 0.332 e. The Morgan fingerprint density at radius 1 is 1.30 bits per heavy atom. The van der Waals surface area contributed by atoms with E-state index in [4.69, 9.17) is 0 Å². The van der Waals surface area contributed by atoms with Crippen molar-refractivity contribution >= 4 is 17.5 Å². The van der Waals surface area contributed by atoms with E-state index in [0.29, 0.717) is 18.2 Å². The number of aryl methyl sites for hydroxylation is 1. The molecule has 7 nitrogen and oxygen atoms in total. The van der Waals surface area contributed by atoms with Gasteiger partial charge in [-0.15, -0.1) is 0 Å². The molecular formula is C13H23N5O2. The molecule has 112 valence electrons. The normalized spacial score (nSPS) is 11.2. The van der Waals surface area contributed by atoms with Gasteiger partial charge in [0.2, 0.25) is 11.8 Å². The number of rotatable bonds is 7. The van der Waals surface area contributed by atoms with Gasteiger partial charge >= 0.3 is 5.69 Å². The summed E-state index contributed by atoms with van der Waals surface area (Å²) in [4.78, 5) is 19.1. The van der Waals surface area contributed by atoms with Gasteiger partial charge in [0.05, 0.1) is 4.92 Å². The van der Waals surface area contributed by atoms with Crippen LogP contribution in [0.4, 0.5) is 17.5 Å². The Bertz CT molecular complexity index is 488. The van der Waals surface area contributed by atoms with Crippen molar-refractivity contribution in [1.29, 1.82) is 0 Å². The predicted octanol–water partition coefficient (Wildman–Crippen LogP) is 3.12. The largest absolute Gasteiger partial charge is 0.359 e. The molecule has 2 N–H and O–H groups in total. The molecule has 0 aliphatic rings. The van der Waals surface area contributed by atoms with Crippen LogP contribution in [0.15, 0.2) is 0 Å². The van der Waals surface area contributed by atoms with Crippen LogP contribution in [0.2, 0.25) is 0 Å². The summed E-state index contributed by atoms with van der Waals surface area (Å²) in [6.45, 7) is 10.3. The van der Waals surface area contributed by atoms with Crippen LogP contribution in [0.3, 0.4) is 0 Å². The minimum atomic E-state index is -0.435. The molecule has 0 unspecified atom stereocenters. The van der Waals surface area contributed by atoms with Crippen LogP contribution in [0, 0.1) is 17.0 Å². The van der Waals surface area contributed by atoms with Gasteiger partial charge in [0.15, 0.2) is 0 Å². The number of hydrogen-bond acceptors (Lipinski definition) is 6. The van der Waals surface area contributed by atoms with E-state index in [1.54, 1.807) is 6.92 Å². The van der Waals surface area contributed by atoms with Crippen LogP contribution in [-0.4, -0.2) is 27.0 Å². The lowest BCUT2D eigenvalue weighted by Crippen LogP contribution is -2.31. The highest BCUT2D eigenvalue weighted by atomic mass is 16.6. The number of aromatic nitrogens is 2. The first kappa shape index (κ1) is 16.1. The SMILES string of the molecule is CCCC(C)(C)Nc1nc(NCC)nc(C)c1[N+](=O)[O-]. The van der Waals surface area contributed by atoms with Gasteiger partial charge in [-0.3, -0.25) is 10.1 Å². The molecule has 1 aromatic heterocycles. The quantitative estimate of drug-likeness (QED) is 0.589. The summed E-state index contributed by atoms with van der Waals surface area (Å²) in [7, 11) is 0. The van der Waals surface area contributed by atoms with Gasteiger partial charge in [0.25, 0.3) is 0 Å². The minimum absolute atomic E-state index is 0.0594. The fourth-order valence-electron chi connectivity index (χ4n) is 2.12. The first-order valence-electron chi connectivity index (χ1n) is 6.85. The van der Waals surface area contributed by atoms with E-state index in [1.807, 2.05) is 20.8 Å². The second-order valence-corrected chi connectivity index (χ2v) is 5.38. The molecule has 0 radical (unpaired) electrons. The summed E-state index contributed by atoms with van der Waals surface area (Å²) < 4.78 is 0. The molecule has 0 fully saturated rings. The van der Waals surface area contributed by atoms with Crippen molar-refractivity contribution in [3.05, 3.63) is 15.8 Å². The highest BCUT2D eigenvalue weighted by Gasteiger charge is 2.26. The van der Waals surface area contributed by atoms with Crippen molar-refractivity contribution in [2.45, 2.75) is 53.0 Å². The minimum Gasteiger partial charge on any atom is -0.359 e. The van der Waals surface area contributed by atoms with Gasteiger partial charge in [0.1, 0.15) is 5.69 Å². The van der Waals surface area contributed by atoms with E-state index in [0.717, 1.165) is 12.8 Å². The number of nitrogens with one attached hydrogen (secondary N) is 2. The zero-order chi connectivity index (χ0) is 15.3. The molecule has 20 heavy (non-hydrogen) atoms. The molecule has 1 rings (SSSR count). The van der Waals surface area contributed by atoms with Crippen LogP contribution >= 0.6 is 0 Å². The Kier molecular flexibility index (Phi) is 5.24. The number of nitrogens with zero attached hydrogens (tertiary/aromatic N) is 3. The third-order valence-electron chi connectivity index (χ3n) is 2.91. The summed E-state index contributed by atoms with van der Waals surface area (Å²) in [5, 5.41) is 17.4. The first-order chi connectivity index (χ1) is 9.30. The molecule has 1 heterocycles. The Labute approximate surface area is 119 Å². The lowest BCUT2D eigenvalue weighted by atomic mass is 9.99. The summed E-state index contributed by atoms with van der Waals surface area (Å²) in [5.74, 6) is 0.683. The van der Waals surface area contributed by atoms with E-state index in [2.05, 4.69) is 27.5 Å². The van der Waals surface area contributed by atoms with Crippen LogP contribution in [-0.2, 0) is 0 Å². The van der Waals surface area contributed by atoms with Crippen LogP contribution < -0.4 is 10.6 Å². The van der Waals surface area contributed by atoms with Gasteiger partial charge in [-0.2, -0.15) is 4.98 Å². The number of hydrogen-bond donors (Lipinski definition) is 2. The van der Waals surface area contributed by atoms with Crippen molar-refractivity contribution in [2.24, 2.45) is 0 Å². The molecule has 0 bridgehead atoms. The molecule has 0 aliphatic heterocycles. The second kappa shape index (κ2) is 6.49. The number of nitro groups is 1. The van der Waals surface area contributed by atoms with Crippen molar-refractivity contribution in [2.75, 3.05) is 17.2 Å². The lowest BCUT2D eigenvalue weighted by Gasteiger charge is -2.26. The smallest absolute Gasteiger partial charge is 0.332 e. The van der Waals surface area contributed by atoms with Gasteiger partial charge in [0, 0.05) is 12.1 Å². The van der Waals surface area contributed by atoms with Crippen molar-refractivity contribution in [1.82, 2.24) is 9.97 Å². The molecule has 0 saturated carbocycles. The molecule has 0 aromatic carbocycles. The highest BCUT2D eigenvalue weighted by molar-refractivity contribution is 5.61. The number of anilines is 2. The standard InChI is InChI=1S/C13H23N5O2/c1-6-8-13(4,5)17-11-10(18(19)20)9(3)15-12(16-11)14-7-2/h6-8H2,1-5H3,(H2,14,15,16,17). The average Bonchev–Trinajstić information content (AvgIpc) is 2.26. The van der Waals surface area contributed by atoms with Gasteiger partial charge in [-0.1, -0.05) is 13.3 Å². The zero-order valence-corrected chi connectivity index (χ0v) is 12.8. The Morgan fingerprint density at radius 3 is 2.45 bits per heavy atom. The summed E-state index contributed by atoms with van der Waals surface area (Å²) in [6.07, 6.45) is 1.88. The van der Waals surface area contributed by atoms with Crippen molar-refractivity contribution in [3.63, 3.8) is 0 Å². The lowest BCUT2D eigenvalue weighted by molar-refractivity contribution is -0.385. The predicted molar refractivity (Wildman–Crippen MR) is 80.2 cm³/mol. The molecule has 0 amide bonds. The van der Waals surface area contributed by atoms with Gasteiger partial charge in [-0.25, -0.2) is 4.98 Å². The molecule has 0 spiro atoms. The monoisotopic (exact) mass is 281 g/mol. The maximum absolute atomic E-state index is 11.2. The molecular weight excluding hydrogens is 258 g/mol. The van der Waals surface area contributed by atoms with E-state index < -0.39 is 4.92 Å². The topological polar surface area (TPSA) is 93.0 Å². The van der Waals surface area contributed by atoms with Crippen LogP contribution in [0.5, 0.6) is 0 Å². The fourth-order valence-corrected chi connectivity index (χ4v) is 2.12. The molecule has 0 aliphatic carbocycles. The Morgan fingerprint density at radius 2 is 1.95 bits per heavy atom. The average molecular weight is 281 g/mol. The van der Waals surface area contributed by atoms with E-state index in [9.17, 15) is 10.1 Å². The summed E-state index contributed by atoms with van der Waals surface area (Å²) >= 11 is 0. The third kappa shape index (κ3) is 4.04. The highest BCUT2D eigenvalue weighted by Crippen LogP contribution is 2.30. The van der Waals surface area contributed by atoms with E-state index in [1.165, 1.54) is 0 Å². The summed E-state index contributed by atoms with van der Waals surface area (Å²) in [6, 6.07) is 0. The van der Waals surface area contributed by atoms with Gasteiger partial charge < -0.3 is 10.6 Å². The van der Waals surface area contributed by atoms with Crippen LogP contribution in [0.25, 0.3) is 0 Å². The zero-order valence-electron chi connectivity index (χ0n) is 12.8. The molecule has 1 aromatic rings. The molecule has 7 heteroatoms. The Hall–Kier alpha value is -1.92. The maximum atomic E-state index is 11.2. The Balaban J connectivity index is 3.22. The van der Waals surface area contributed by atoms with Crippen molar-refractivity contribution < 1.29 is 4.92 Å². The third-order valence-corrected chi connectivity index (χ3v) is 2.91. The van der Waals surface area contributed by atoms with E-state index >= 15 is 0 Å². The summed E-state index contributed by atoms with van der Waals surface area (Å²) in [5.41, 5.74) is 0.0376. The molecule has 0 saturated heterocycles.